The number of carbonyl (C=O) groups excluding carboxylic acids is 2. The Morgan fingerprint density at radius 2 is 1.78 bits per heavy atom. The standard InChI is InChI=1S/C18H19NO4/c1-12(18(21)23-3)19-17(20)9-5-13-4-6-15-11-16(22-2)8-7-14(15)10-13/h4-12H,1-3H3,(H,19,20)/b9-5+. The first-order valence-electron chi connectivity index (χ1n) is 7.17. The van der Waals surface area contributed by atoms with E-state index in [2.05, 4.69) is 10.1 Å². The molecule has 0 saturated carbocycles. The highest BCUT2D eigenvalue weighted by Gasteiger charge is 2.13. The number of methoxy groups -OCH3 is 2. The zero-order chi connectivity index (χ0) is 16.8. The maximum Gasteiger partial charge on any atom is 0.328 e. The Bertz CT molecular complexity index is 752. The molecular formula is C18H19NO4. The van der Waals surface area contributed by atoms with Crippen LogP contribution in [-0.2, 0) is 14.3 Å². The van der Waals surface area contributed by atoms with Gasteiger partial charge in [0.25, 0.3) is 0 Å². The number of amides is 1. The van der Waals surface area contributed by atoms with Crippen LogP contribution in [0.3, 0.4) is 0 Å². The van der Waals surface area contributed by atoms with Crippen LogP contribution in [0.4, 0.5) is 0 Å². The molecule has 2 aromatic carbocycles. The molecule has 23 heavy (non-hydrogen) atoms. The lowest BCUT2D eigenvalue weighted by atomic mass is 10.1. The minimum Gasteiger partial charge on any atom is -0.497 e. The van der Waals surface area contributed by atoms with Crippen LogP contribution in [0, 0.1) is 0 Å². The molecule has 5 nitrogen and oxygen atoms in total. The van der Waals surface area contributed by atoms with Crippen LogP contribution in [0.5, 0.6) is 5.75 Å². The van der Waals surface area contributed by atoms with Crippen molar-refractivity contribution < 1.29 is 19.1 Å². The van der Waals surface area contributed by atoms with E-state index in [0.717, 1.165) is 22.1 Å². The third-order valence-electron chi connectivity index (χ3n) is 3.41. The first-order valence-corrected chi connectivity index (χ1v) is 7.17. The van der Waals surface area contributed by atoms with Gasteiger partial charge in [0.15, 0.2) is 0 Å². The van der Waals surface area contributed by atoms with Crippen molar-refractivity contribution in [3.05, 3.63) is 48.0 Å². The van der Waals surface area contributed by atoms with Crippen molar-refractivity contribution >= 4 is 28.7 Å². The molecule has 0 aliphatic carbocycles. The average molecular weight is 313 g/mol. The Hall–Kier alpha value is -2.82. The first-order chi connectivity index (χ1) is 11.0. The molecule has 0 bridgehead atoms. The van der Waals surface area contributed by atoms with Gasteiger partial charge in [-0.05, 0) is 47.5 Å². The van der Waals surface area contributed by atoms with E-state index in [1.54, 1.807) is 20.1 Å². The van der Waals surface area contributed by atoms with Crippen LogP contribution in [0.2, 0.25) is 0 Å². The Morgan fingerprint density at radius 3 is 2.48 bits per heavy atom. The molecule has 1 N–H and O–H groups in total. The SMILES string of the molecule is COC(=O)C(C)NC(=O)/C=C/c1ccc2cc(OC)ccc2c1. The van der Waals surface area contributed by atoms with E-state index in [0.29, 0.717) is 0 Å². The number of hydrogen-bond acceptors (Lipinski definition) is 4. The molecular weight excluding hydrogens is 294 g/mol. The second kappa shape index (κ2) is 7.45. The van der Waals surface area contributed by atoms with E-state index < -0.39 is 12.0 Å². The smallest absolute Gasteiger partial charge is 0.328 e. The molecule has 0 saturated heterocycles. The Kier molecular flexibility index (Phi) is 5.36. The fourth-order valence-electron chi connectivity index (χ4n) is 2.14. The second-order valence-electron chi connectivity index (χ2n) is 5.06. The number of esters is 1. The van der Waals surface area contributed by atoms with Crippen molar-refractivity contribution in [2.75, 3.05) is 14.2 Å². The summed E-state index contributed by atoms with van der Waals surface area (Å²) in [4.78, 5) is 23.0. The summed E-state index contributed by atoms with van der Waals surface area (Å²) in [6.45, 7) is 1.57. The van der Waals surface area contributed by atoms with Crippen LogP contribution in [0.1, 0.15) is 12.5 Å². The molecule has 2 aromatic rings. The number of carbonyl (C=O) groups is 2. The normalized spacial score (nSPS) is 12.1. The van der Waals surface area contributed by atoms with Gasteiger partial charge in [-0.3, -0.25) is 4.79 Å². The first kappa shape index (κ1) is 16.5. The predicted molar refractivity (Wildman–Crippen MR) is 89.2 cm³/mol. The van der Waals surface area contributed by atoms with Gasteiger partial charge in [0.05, 0.1) is 14.2 Å². The van der Waals surface area contributed by atoms with Gasteiger partial charge in [0.1, 0.15) is 11.8 Å². The van der Waals surface area contributed by atoms with Gasteiger partial charge in [-0.1, -0.05) is 18.2 Å². The summed E-state index contributed by atoms with van der Waals surface area (Å²) < 4.78 is 9.75. The van der Waals surface area contributed by atoms with Gasteiger partial charge >= 0.3 is 5.97 Å². The molecule has 1 atom stereocenters. The summed E-state index contributed by atoms with van der Waals surface area (Å²) in [7, 11) is 2.91. The number of rotatable bonds is 5. The lowest BCUT2D eigenvalue weighted by Crippen LogP contribution is -2.38. The maximum atomic E-state index is 11.8. The van der Waals surface area contributed by atoms with E-state index >= 15 is 0 Å². The molecule has 0 aromatic heterocycles. The molecule has 0 fully saturated rings. The molecule has 0 spiro atoms. The third-order valence-corrected chi connectivity index (χ3v) is 3.41. The second-order valence-corrected chi connectivity index (χ2v) is 5.06. The number of benzene rings is 2. The van der Waals surface area contributed by atoms with E-state index in [1.807, 2.05) is 36.4 Å². The van der Waals surface area contributed by atoms with Crippen LogP contribution >= 0.6 is 0 Å². The maximum absolute atomic E-state index is 11.8. The van der Waals surface area contributed by atoms with E-state index in [4.69, 9.17) is 4.74 Å². The van der Waals surface area contributed by atoms with Crippen LogP contribution in [-0.4, -0.2) is 32.1 Å². The van der Waals surface area contributed by atoms with E-state index in [1.165, 1.54) is 13.2 Å². The Morgan fingerprint density at radius 1 is 1.09 bits per heavy atom. The Labute approximate surface area is 134 Å². The molecule has 1 amide bonds. The summed E-state index contributed by atoms with van der Waals surface area (Å²) >= 11 is 0. The predicted octanol–water partition coefficient (Wildman–Crippen LogP) is 2.54. The molecule has 2 rings (SSSR count). The van der Waals surface area contributed by atoms with Crippen molar-refractivity contribution in [3.63, 3.8) is 0 Å². The summed E-state index contributed by atoms with van der Waals surface area (Å²) in [6.07, 6.45) is 3.09. The fourth-order valence-corrected chi connectivity index (χ4v) is 2.14. The molecule has 1 unspecified atom stereocenters. The molecule has 0 heterocycles. The molecule has 120 valence electrons. The number of ether oxygens (including phenoxy) is 2. The monoisotopic (exact) mass is 313 g/mol. The summed E-state index contributed by atoms with van der Waals surface area (Å²) in [5.74, 6) is -0.0268. The topological polar surface area (TPSA) is 64.6 Å². The number of nitrogens with one attached hydrogen (secondary N) is 1. The molecule has 5 heteroatoms. The highest BCUT2D eigenvalue weighted by atomic mass is 16.5. The van der Waals surface area contributed by atoms with Gasteiger partial charge in [-0.15, -0.1) is 0 Å². The van der Waals surface area contributed by atoms with Crippen molar-refractivity contribution in [1.82, 2.24) is 5.32 Å². The molecule has 0 radical (unpaired) electrons. The highest BCUT2D eigenvalue weighted by Crippen LogP contribution is 2.22. The lowest BCUT2D eigenvalue weighted by Gasteiger charge is -2.09. The zero-order valence-electron chi connectivity index (χ0n) is 13.3. The summed E-state index contributed by atoms with van der Waals surface area (Å²) in [6, 6.07) is 11.0. The Balaban J connectivity index is 2.09. The lowest BCUT2D eigenvalue weighted by molar-refractivity contribution is -0.144. The van der Waals surface area contributed by atoms with E-state index in [9.17, 15) is 9.59 Å². The van der Waals surface area contributed by atoms with Crippen molar-refractivity contribution in [2.24, 2.45) is 0 Å². The molecule has 0 aliphatic rings. The highest BCUT2D eigenvalue weighted by molar-refractivity contribution is 5.95. The minimum atomic E-state index is -0.679. The average Bonchev–Trinajstić information content (AvgIpc) is 2.58. The largest absolute Gasteiger partial charge is 0.497 e. The van der Waals surface area contributed by atoms with Gasteiger partial charge < -0.3 is 14.8 Å². The molecule has 0 aliphatic heterocycles. The van der Waals surface area contributed by atoms with Crippen LogP contribution in [0.15, 0.2) is 42.5 Å². The van der Waals surface area contributed by atoms with E-state index in [-0.39, 0.29) is 5.91 Å². The van der Waals surface area contributed by atoms with Crippen LogP contribution in [0.25, 0.3) is 16.8 Å². The number of hydrogen-bond donors (Lipinski definition) is 1. The van der Waals surface area contributed by atoms with Gasteiger partial charge in [-0.25, -0.2) is 4.79 Å². The van der Waals surface area contributed by atoms with Gasteiger partial charge in [-0.2, -0.15) is 0 Å². The number of fused-ring (bicyclic) bond motifs is 1. The zero-order valence-corrected chi connectivity index (χ0v) is 13.3. The quantitative estimate of drug-likeness (QED) is 0.680. The van der Waals surface area contributed by atoms with Crippen LogP contribution < -0.4 is 10.1 Å². The van der Waals surface area contributed by atoms with Crippen molar-refractivity contribution in [1.29, 1.82) is 0 Å². The van der Waals surface area contributed by atoms with Crippen molar-refractivity contribution in [2.45, 2.75) is 13.0 Å². The van der Waals surface area contributed by atoms with Crippen molar-refractivity contribution in [3.8, 4) is 5.75 Å². The third kappa shape index (κ3) is 4.32. The summed E-state index contributed by atoms with van der Waals surface area (Å²) in [5, 5.41) is 4.65. The van der Waals surface area contributed by atoms with Gasteiger partial charge in [0.2, 0.25) is 5.91 Å². The van der Waals surface area contributed by atoms with Gasteiger partial charge in [0, 0.05) is 6.08 Å². The minimum absolute atomic E-state index is 0.349. The summed E-state index contributed by atoms with van der Waals surface area (Å²) in [5.41, 5.74) is 0.892. The fraction of sp³-hybridized carbons (Fsp3) is 0.222.